The van der Waals surface area contributed by atoms with Crippen LogP contribution in [0.15, 0.2) is 34.4 Å². The van der Waals surface area contributed by atoms with Crippen molar-refractivity contribution in [2.45, 2.75) is 34.6 Å². The Bertz CT molecular complexity index is 314. The van der Waals surface area contributed by atoms with E-state index in [1.54, 1.807) is 0 Å². The van der Waals surface area contributed by atoms with Gasteiger partial charge in [-0.15, -0.1) is 11.6 Å². The largest absolute Gasteiger partial charge is 0.125 e. The second kappa shape index (κ2) is 3.58. The summed E-state index contributed by atoms with van der Waals surface area (Å²) < 4.78 is 0. The summed E-state index contributed by atoms with van der Waals surface area (Å²) in [6.07, 6.45) is 0. The van der Waals surface area contributed by atoms with Gasteiger partial charge in [0.25, 0.3) is 0 Å². The molecule has 0 radical (unpaired) electrons. The van der Waals surface area contributed by atoms with Crippen molar-refractivity contribution < 1.29 is 0 Å². The monoisotopic (exact) mass is 210 g/mol. The lowest BCUT2D eigenvalue weighted by atomic mass is 9.69. The summed E-state index contributed by atoms with van der Waals surface area (Å²) in [6.45, 7) is 14.9. The Hall–Kier alpha value is -0.490. The second-order valence-electron chi connectivity index (χ2n) is 4.44. The summed E-state index contributed by atoms with van der Waals surface area (Å²) in [7, 11) is 0. The first-order valence-corrected chi connectivity index (χ1v) is 5.51. The smallest absolute Gasteiger partial charge is 0.0352 e. The van der Waals surface area contributed by atoms with Crippen LogP contribution in [0, 0.1) is 5.41 Å². The number of alkyl halides is 1. The van der Waals surface area contributed by atoms with Gasteiger partial charge in [-0.1, -0.05) is 24.6 Å². The van der Waals surface area contributed by atoms with E-state index in [0.717, 1.165) is 0 Å². The third-order valence-electron chi connectivity index (χ3n) is 3.95. The van der Waals surface area contributed by atoms with Gasteiger partial charge in [-0.05, 0) is 44.4 Å². The molecule has 1 rings (SSSR count). The van der Waals surface area contributed by atoms with Crippen LogP contribution in [0.4, 0.5) is 0 Å². The maximum Gasteiger partial charge on any atom is 0.0352 e. The van der Waals surface area contributed by atoms with Gasteiger partial charge in [0.05, 0.1) is 0 Å². The molecule has 0 aliphatic heterocycles. The SMILES string of the molecule is C=C1C(C)=C(C)C(C)(CCl)C(C)=C1C. The fourth-order valence-electron chi connectivity index (χ4n) is 2.04. The predicted octanol–water partition coefficient (Wildman–Crippen LogP) is 4.47. The third-order valence-corrected chi connectivity index (χ3v) is 4.49. The lowest BCUT2D eigenvalue weighted by molar-refractivity contribution is 0.528. The van der Waals surface area contributed by atoms with E-state index in [2.05, 4.69) is 41.2 Å². The lowest BCUT2D eigenvalue weighted by Gasteiger charge is -2.37. The molecule has 0 fully saturated rings. The Morgan fingerprint density at radius 3 is 1.71 bits per heavy atom. The van der Waals surface area contributed by atoms with Crippen molar-refractivity contribution in [2.75, 3.05) is 5.88 Å². The molecule has 0 nitrogen and oxygen atoms in total. The molecule has 0 unspecified atom stereocenters. The molecule has 0 aromatic rings. The molecule has 1 aliphatic carbocycles. The summed E-state index contributed by atoms with van der Waals surface area (Å²) in [4.78, 5) is 0. The molecule has 0 saturated carbocycles. The number of hydrogen-bond donors (Lipinski definition) is 0. The molecule has 0 amide bonds. The minimum Gasteiger partial charge on any atom is -0.125 e. The fourth-order valence-corrected chi connectivity index (χ4v) is 2.44. The lowest BCUT2D eigenvalue weighted by Crippen LogP contribution is -2.27. The van der Waals surface area contributed by atoms with Crippen LogP contribution in [0.1, 0.15) is 34.6 Å². The van der Waals surface area contributed by atoms with Gasteiger partial charge < -0.3 is 0 Å². The van der Waals surface area contributed by atoms with E-state index in [-0.39, 0.29) is 5.41 Å². The first-order chi connectivity index (χ1) is 6.36. The Morgan fingerprint density at radius 2 is 1.43 bits per heavy atom. The highest BCUT2D eigenvalue weighted by molar-refractivity contribution is 6.18. The number of halogens is 1. The van der Waals surface area contributed by atoms with E-state index >= 15 is 0 Å². The van der Waals surface area contributed by atoms with Crippen LogP contribution in [-0.2, 0) is 0 Å². The average molecular weight is 211 g/mol. The highest BCUT2D eigenvalue weighted by Crippen LogP contribution is 2.46. The zero-order valence-corrected chi connectivity index (χ0v) is 10.5. The number of rotatable bonds is 1. The van der Waals surface area contributed by atoms with E-state index in [1.165, 1.54) is 27.9 Å². The molecule has 78 valence electrons. The van der Waals surface area contributed by atoms with Gasteiger partial charge in [0, 0.05) is 11.3 Å². The van der Waals surface area contributed by atoms with E-state index in [4.69, 9.17) is 11.6 Å². The maximum atomic E-state index is 6.09. The molecule has 1 aliphatic rings. The molecule has 0 spiro atoms. The molecule has 0 heterocycles. The maximum absolute atomic E-state index is 6.09. The van der Waals surface area contributed by atoms with Crippen LogP contribution in [0.25, 0.3) is 0 Å². The molecule has 14 heavy (non-hydrogen) atoms. The second-order valence-corrected chi connectivity index (χ2v) is 4.71. The molecule has 0 saturated heterocycles. The minimum absolute atomic E-state index is 0.0247. The van der Waals surface area contributed by atoms with Gasteiger partial charge in [0.15, 0.2) is 0 Å². The standard InChI is InChI=1S/C13H19Cl/c1-8-9(2)11(4)13(6,7-14)12(5)10(8)3/h1,7H2,2-6H3. The molecule has 0 bridgehead atoms. The van der Waals surface area contributed by atoms with Crippen molar-refractivity contribution in [1.29, 1.82) is 0 Å². The molecule has 0 atom stereocenters. The van der Waals surface area contributed by atoms with Gasteiger partial charge in [0.2, 0.25) is 0 Å². The van der Waals surface area contributed by atoms with Crippen molar-refractivity contribution in [3.05, 3.63) is 34.4 Å². The predicted molar refractivity (Wildman–Crippen MR) is 64.7 cm³/mol. The quantitative estimate of drug-likeness (QED) is 0.560. The van der Waals surface area contributed by atoms with Crippen molar-refractivity contribution >= 4 is 11.6 Å². The fraction of sp³-hybridized carbons (Fsp3) is 0.538. The van der Waals surface area contributed by atoms with Crippen molar-refractivity contribution in [2.24, 2.45) is 5.41 Å². The summed E-state index contributed by atoms with van der Waals surface area (Å²) >= 11 is 6.09. The van der Waals surface area contributed by atoms with Gasteiger partial charge in [-0.2, -0.15) is 0 Å². The Labute approximate surface area is 92.3 Å². The van der Waals surface area contributed by atoms with Crippen LogP contribution in [0.5, 0.6) is 0 Å². The highest BCUT2D eigenvalue weighted by atomic mass is 35.5. The van der Waals surface area contributed by atoms with Crippen molar-refractivity contribution in [3.8, 4) is 0 Å². The van der Waals surface area contributed by atoms with E-state index < -0.39 is 0 Å². The Balaban J connectivity index is 3.41. The van der Waals surface area contributed by atoms with Gasteiger partial charge in [-0.25, -0.2) is 0 Å². The number of allylic oxidation sites excluding steroid dienone is 5. The van der Waals surface area contributed by atoms with Gasteiger partial charge in [0.1, 0.15) is 0 Å². The van der Waals surface area contributed by atoms with E-state index in [9.17, 15) is 0 Å². The zero-order chi connectivity index (χ0) is 11.1. The van der Waals surface area contributed by atoms with Crippen LogP contribution in [0.3, 0.4) is 0 Å². The molecule has 0 aromatic carbocycles. The van der Waals surface area contributed by atoms with Gasteiger partial charge in [-0.3, -0.25) is 0 Å². The zero-order valence-electron chi connectivity index (χ0n) is 9.79. The van der Waals surface area contributed by atoms with Crippen LogP contribution in [-0.4, -0.2) is 5.88 Å². The third kappa shape index (κ3) is 1.37. The summed E-state index contributed by atoms with van der Waals surface area (Å²) in [6, 6.07) is 0. The summed E-state index contributed by atoms with van der Waals surface area (Å²) in [5.41, 5.74) is 6.52. The first-order valence-electron chi connectivity index (χ1n) is 4.97. The topological polar surface area (TPSA) is 0 Å². The minimum atomic E-state index is 0.0247. The molecule has 0 N–H and O–H groups in total. The first kappa shape index (κ1) is 11.6. The Morgan fingerprint density at radius 1 is 1.07 bits per heavy atom. The van der Waals surface area contributed by atoms with Crippen LogP contribution >= 0.6 is 11.6 Å². The molecule has 1 heteroatoms. The van der Waals surface area contributed by atoms with Crippen LogP contribution in [0.2, 0.25) is 0 Å². The van der Waals surface area contributed by atoms with E-state index in [1.807, 2.05) is 0 Å². The molecular formula is C13H19Cl. The molecule has 0 aromatic heterocycles. The average Bonchev–Trinajstić information content (AvgIpc) is 2.21. The van der Waals surface area contributed by atoms with Crippen molar-refractivity contribution in [3.63, 3.8) is 0 Å². The van der Waals surface area contributed by atoms with Crippen LogP contribution < -0.4 is 0 Å². The highest BCUT2D eigenvalue weighted by Gasteiger charge is 2.34. The summed E-state index contributed by atoms with van der Waals surface area (Å²) in [5, 5.41) is 0. The summed E-state index contributed by atoms with van der Waals surface area (Å²) in [5.74, 6) is 0.645. The van der Waals surface area contributed by atoms with E-state index in [0.29, 0.717) is 5.88 Å². The van der Waals surface area contributed by atoms with Gasteiger partial charge >= 0.3 is 0 Å². The van der Waals surface area contributed by atoms with Crippen molar-refractivity contribution in [1.82, 2.24) is 0 Å². The normalized spacial score (nSPS) is 22.0. The number of hydrogen-bond acceptors (Lipinski definition) is 0. The molecular weight excluding hydrogens is 192 g/mol. The Kier molecular flexibility index (Phi) is 2.96.